The van der Waals surface area contributed by atoms with Crippen molar-refractivity contribution in [1.82, 2.24) is 5.32 Å². The van der Waals surface area contributed by atoms with Gasteiger partial charge >= 0.3 is 0 Å². The molecule has 0 radical (unpaired) electrons. The predicted molar refractivity (Wildman–Crippen MR) is 44.2 cm³/mol. The Bertz CT molecular complexity index is 104. The number of amides is 1. The summed E-state index contributed by atoms with van der Waals surface area (Å²) in [6.07, 6.45) is 3.14. The van der Waals surface area contributed by atoms with Crippen molar-refractivity contribution < 1.29 is 9.90 Å². The molecule has 66 valence electrons. The fourth-order valence-corrected chi connectivity index (χ4v) is 0.780. The van der Waals surface area contributed by atoms with Crippen LogP contribution in [0.25, 0.3) is 0 Å². The minimum atomic E-state index is 0.116. The standard InChI is InChI=1S/C8H17NO2/c1-2-5-8(11)9-6-3-4-7-10/h10H,2-7H2,1H3,(H,9,11). The van der Waals surface area contributed by atoms with E-state index in [1.54, 1.807) is 0 Å². The number of carbonyl (C=O) groups is 1. The zero-order chi connectivity index (χ0) is 8.53. The molecule has 0 saturated heterocycles. The van der Waals surface area contributed by atoms with Crippen molar-refractivity contribution in [2.24, 2.45) is 0 Å². The van der Waals surface area contributed by atoms with Crippen LogP contribution in [0.3, 0.4) is 0 Å². The van der Waals surface area contributed by atoms with Gasteiger partial charge in [-0.3, -0.25) is 4.79 Å². The molecular formula is C8H17NO2. The molecule has 11 heavy (non-hydrogen) atoms. The summed E-state index contributed by atoms with van der Waals surface area (Å²) in [5.74, 6) is 0.116. The second-order valence-electron chi connectivity index (χ2n) is 2.53. The van der Waals surface area contributed by atoms with E-state index in [0.717, 1.165) is 19.3 Å². The summed E-state index contributed by atoms with van der Waals surface area (Å²) in [7, 11) is 0. The molecule has 3 heteroatoms. The van der Waals surface area contributed by atoms with Gasteiger partial charge in [0.25, 0.3) is 0 Å². The van der Waals surface area contributed by atoms with Gasteiger partial charge in [-0.15, -0.1) is 0 Å². The van der Waals surface area contributed by atoms with Crippen LogP contribution in [0.4, 0.5) is 0 Å². The summed E-state index contributed by atoms with van der Waals surface area (Å²) < 4.78 is 0. The average Bonchev–Trinajstić information content (AvgIpc) is 1.99. The van der Waals surface area contributed by atoms with E-state index in [2.05, 4.69) is 5.32 Å². The molecule has 0 aromatic heterocycles. The molecule has 0 aromatic rings. The van der Waals surface area contributed by atoms with Gasteiger partial charge in [0, 0.05) is 19.6 Å². The van der Waals surface area contributed by atoms with Crippen LogP contribution in [0.15, 0.2) is 0 Å². The third kappa shape index (κ3) is 7.33. The van der Waals surface area contributed by atoms with Gasteiger partial charge in [0.1, 0.15) is 0 Å². The first-order valence-corrected chi connectivity index (χ1v) is 4.18. The van der Waals surface area contributed by atoms with Gasteiger partial charge in [0.15, 0.2) is 0 Å². The normalized spacial score (nSPS) is 9.64. The number of rotatable bonds is 6. The van der Waals surface area contributed by atoms with E-state index < -0.39 is 0 Å². The van der Waals surface area contributed by atoms with Gasteiger partial charge in [-0.05, 0) is 19.3 Å². The molecular weight excluding hydrogens is 142 g/mol. The Morgan fingerprint density at radius 1 is 1.45 bits per heavy atom. The molecule has 2 N–H and O–H groups in total. The monoisotopic (exact) mass is 159 g/mol. The molecule has 0 unspecified atom stereocenters. The number of nitrogens with one attached hydrogen (secondary N) is 1. The molecule has 0 aliphatic carbocycles. The van der Waals surface area contributed by atoms with Crippen molar-refractivity contribution in [3.8, 4) is 0 Å². The Labute approximate surface area is 67.8 Å². The summed E-state index contributed by atoms with van der Waals surface area (Å²) in [6, 6.07) is 0. The van der Waals surface area contributed by atoms with E-state index in [9.17, 15) is 4.79 Å². The van der Waals surface area contributed by atoms with Gasteiger partial charge in [-0.2, -0.15) is 0 Å². The fourth-order valence-electron chi connectivity index (χ4n) is 0.780. The van der Waals surface area contributed by atoms with Crippen molar-refractivity contribution in [3.63, 3.8) is 0 Å². The van der Waals surface area contributed by atoms with Crippen LogP contribution in [0, 0.1) is 0 Å². The SMILES string of the molecule is CCCC(=O)NCCCCO. The number of hydrogen-bond acceptors (Lipinski definition) is 2. The van der Waals surface area contributed by atoms with Crippen LogP contribution in [-0.2, 0) is 4.79 Å². The van der Waals surface area contributed by atoms with Crippen LogP contribution in [0.2, 0.25) is 0 Å². The maximum Gasteiger partial charge on any atom is 0.219 e. The number of hydrogen-bond donors (Lipinski definition) is 2. The quantitative estimate of drug-likeness (QED) is 0.560. The summed E-state index contributed by atoms with van der Waals surface area (Å²) in [5, 5.41) is 11.2. The lowest BCUT2D eigenvalue weighted by molar-refractivity contribution is -0.121. The molecule has 0 heterocycles. The van der Waals surface area contributed by atoms with Gasteiger partial charge in [0.2, 0.25) is 5.91 Å². The van der Waals surface area contributed by atoms with Crippen LogP contribution in [-0.4, -0.2) is 24.2 Å². The van der Waals surface area contributed by atoms with Crippen LogP contribution < -0.4 is 5.32 Å². The third-order valence-electron chi connectivity index (χ3n) is 1.38. The Morgan fingerprint density at radius 3 is 2.73 bits per heavy atom. The first-order chi connectivity index (χ1) is 5.31. The third-order valence-corrected chi connectivity index (χ3v) is 1.38. The first kappa shape index (κ1) is 10.4. The molecule has 0 fully saturated rings. The Morgan fingerprint density at radius 2 is 2.18 bits per heavy atom. The van der Waals surface area contributed by atoms with Crippen LogP contribution in [0.1, 0.15) is 32.6 Å². The Hall–Kier alpha value is -0.570. The van der Waals surface area contributed by atoms with E-state index in [-0.39, 0.29) is 12.5 Å². The zero-order valence-corrected chi connectivity index (χ0v) is 7.10. The van der Waals surface area contributed by atoms with E-state index in [1.807, 2.05) is 6.92 Å². The summed E-state index contributed by atoms with van der Waals surface area (Å²) in [5.41, 5.74) is 0. The molecule has 0 rings (SSSR count). The summed E-state index contributed by atoms with van der Waals surface area (Å²) in [6.45, 7) is 2.89. The molecule has 0 spiro atoms. The smallest absolute Gasteiger partial charge is 0.219 e. The minimum absolute atomic E-state index is 0.116. The number of unbranched alkanes of at least 4 members (excludes halogenated alkanes) is 1. The predicted octanol–water partition coefficient (Wildman–Crippen LogP) is 0.675. The lowest BCUT2D eigenvalue weighted by Gasteiger charge is -2.01. The zero-order valence-electron chi connectivity index (χ0n) is 7.10. The number of carbonyl (C=O) groups excluding carboxylic acids is 1. The molecule has 0 saturated carbocycles. The lowest BCUT2D eigenvalue weighted by Crippen LogP contribution is -2.23. The molecule has 0 bridgehead atoms. The minimum Gasteiger partial charge on any atom is -0.396 e. The van der Waals surface area contributed by atoms with Gasteiger partial charge < -0.3 is 10.4 Å². The molecule has 3 nitrogen and oxygen atoms in total. The van der Waals surface area contributed by atoms with E-state index in [4.69, 9.17) is 5.11 Å². The van der Waals surface area contributed by atoms with Crippen molar-refractivity contribution in [3.05, 3.63) is 0 Å². The Balaban J connectivity index is 3.04. The topological polar surface area (TPSA) is 49.3 Å². The molecule has 0 aliphatic heterocycles. The van der Waals surface area contributed by atoms with Crippen LogP contribution in [0.5, 0.6) is 0 Å². The highest BCUT2D eigenvalue weighted by atomic mass is 16.2. The van der Waals surface area contributed by atoms with Crippen molar-refractivity contribution in [1.29, 1.82) is 0 Å². The number of aliphatic hydroxyl groups excluding tert-OH is 1. The van der Waals surface area contributed by atoms with E-state index in [0.29, 0.717) is 13.0 Å². The largest absolute Gasteiger partial charge is 0.396 e. The molecule has 1 amide bonds. The second-order valence-corrected chi connectivity index (χ2v) is 2.53. The van der Waals surface area contributed by atoms with Gasteiger partial charge in [-0.1, -0.05) is 6.92 Å². The average molecular weight is 159 g/mol. The fraction of sp³-hybridized carbons (Fsp3) is 0.875. The summed E-state index contributed by atoms with van der Waals surface area (Å²) in [4.78, 5) is 10.8. The molecule has 0 aromatic carbocycles. The summed E-state index contributed by atoms with van der Waals surface area (Å²) >= 11 is 0. The lowest BCUT2D eigenvalue weighted by atomic mass is 10.3. The van der Waals surface area contributed by atoms with Crippen molar-refractivity contribution in [2.75, 3.05) is 13.2 Å². The Kier molecular flexibility index (Phi) is 7.15. The van der Waals surface area contributed by atoms with Crippen molar-refractivity contribution in [2.45, 2.75) is 32.6 Å². The molecule has 0 atom stereocenters. The first-order valence-electron chi connectivity index (χ1n) is 4.18. The van der Waals surface area contributed by atoms with Gasteiger partial charge in [-0.25, -0.2) is 0 Å². The van der Waals surface area contributed by atoms with E-state index in [1.165, 1.54) is 0 Å². The highest BCUT2D eigenvalue weighted by Crippen LogP contribution is 1.87. The highest BCUT2D eigenvalue weighted by Gasteiger charge is 1.96. The second kappa shape index (κ2) is 7.54. The van der Waals surface area contributed by atoms with E-state index >= 15 is 0 Å². The maximum atomic E-state index is 10.8. The van der Waals surface area contributed by atoms with Gasteiger partial charge in [0.05, 0.1) is 0 Å². The van der Waals surface area contributed by atoms with Crippen LogP contribution >= 0.6 is 0 Å². The molecule has 0 aliphatic rings. The number of aliphatic hydroxyl groups is 1. The van der Waals surface area contributed by atoms with Crippen molar-refractivity contribution >= 4 is 5.91 Å². The maximum absolute atomic E-state index is 10.8. The highest BCUT2D eigenvalue weighted by molar-refractivity contribution is 5.75.